The second-order valence-electron chi connectivity index (χ2n) is 6.23. The molecule has 0 bridgehead atoms. The van der Waals surface area contributed by atoms with Crippen LogP contribution in [-0.2, 0) is 10.0 Å². The van der Waals surface area contributed by atoms with Crippen molar-refractivity contribution in [3.8, 4) is 0 Å². The van der Waals surface area contributed by atoms with Gasteiger partial charge in [-0.05, 0) is 57.0 Å². The molecular formula is C19H24N2O3S. The Kier molecular flexibility index (Phi) is 5.85. The number of nitrogens with one attached hydrogen (secondary N) is 2. The number of carbonyl (C=O) groups is 1. The molecule has 0 radical (unpaired) electrons. The van der Waals surface area contributed by atoms with E-state index in [9.17, 15) is 13.2 Å². The van der Waals surface area contributed by atoms with Gasteiger partial charge in [-0.2, -0.15) is 0 Å². The topological polar surface area (TPSA) is 75.3 Å². The molecule has 0 aliphatic carbocycles. The molecule has 2 N–H and O–H groups in total. The molecule has 0 aliphatic rings. The summed E-state index contributed by atoms with van der Waals surface area (Å²) < 4.78 is 27.8. The summed E-state index contributed by atoms with van der Waals surface area (Å²) in [5.74, 6) is -0.265. The average molecular weight is 360 g/mol. The predicted molar refractivity (Wildman–Crippen MR) is 100 cm³/mol. The highest BCUT2D eigenvalue weighted by atomic mass is 32.2. The van der Waals surface area contributed by atoms with E-state index in [1.54, 1.807) is 25.1 Å². The molecule has 0 saturated carbocycles. The van der Waals surface area contributed by atoms with Gasteiger partial charge in [0.2, 0.25) is 0 Å². The molecule has 0 unspecified atom stereocenters. The summed E-state index contributed by atoms with van der Waals surface area (Å²) in [4.78, 5) is 12.4. The van der Waals surface area contributed by atoms with Crippen LogP contribution >= 0.6 is 0 Å². The Labute approximate surface area is 149 Å². The number of sulfonamides is 1. The molecule has 1 atom stereocenters. The van der Waals surface area contributed by atoms with Crippen LogP contribution in [0, 0.1) is 13.8 Å². The van der Waals surface area contributed by atoms with Gasteiger partial charge >= 0.3 is 0 Å². The second-order valence-corrected chi connectivity index (χ2v) is 7.91. The van der Waals surface area contributed by atoms with Crippen molar-refractivity contribution in [1.29, 1.82) is 0 Å². The number of aryl methyl sites for hydroxylation is 2. The maximum absolute atomic E-state index is 12.6. The molecule has 0 spiro atoms. The lowest BCUT2D eigenvalue weighted by molar-refractivity contribution is 0.0938. The monoisotopic (exact) mass is 360 g/mol. The number of carbonyl (C=O) groups excluding carboxylic acids is 1. The van der Waals surface area contributed by atoms with Gasteiger partial charge in [-0.1, -0.05) is 30.7 Å². The Morgan fingerprint density at radius 1 is 1.08 bits per heavy atom. The normalized spacial score (nSPS) is 12.5. The Bertz CT molecular complexity index is 859. The highest BCUT2D eigenvalue weighted by molar-refractivity contribution is 7.92. The van der Waals surface area contributed by atoms with Gasteiger partial charge in [0.15, 0.2) is 0 Å². The Hall–Kier alpha value is -2.34. The molecule has 0 aromatic heterocycles. The summed E-state index contributed by atoms with van der Waals surface area (Å²) >= 11 is 0. The van der Waals surface area contributed by atoms with Crippen molar-refractivity contribution in [2.75, 3.05) is 4.72 Å². The molecule has 2 rings (SSSR count). The third kappa shape index (κ3) is 4.82. The predicted octanol–water partition coefficient (Wildman–Crippen LogP) is 3.63. The van der Waals surface area contributed by atoms with Crippen LogP contribution in [0.3, 0.4) is 0 Å². The van der Waals surface area contributed by atoms with Crippen molar-refractivity contribution in [2.45, 2.75) is 45.1 Å². The number of hydrogen-bond donors (Lipinski definition) is 2. The van der Waals surface area contributed by atoms with Crippen LogP contribution < -0.4 is 10.0 Å². The van der Waals surface area contributed by atoms with Crippen molar-refractivity contribution in [2.24, 2.45) is 0 Å². The molecule has 0 heterocycles. The Morgan fingerprint density at radius 2 is 1.72 bits per heavy atom. The zero-order chi connectivity index (χ0) is 18.6. The van der Waals surface area contributed by atoms with Crippen LogP contribution in [0.1, 0.15) is 41.8 Å². The quantitative estimate of drug-likeness (QED) is 0.826. The summed E-state index contributed by atoms with van der Waals surface area (Å²) in [5.41, 5.74) is 2.63. The number of hydrogen-bond acceptors (Lipinski definition) is 3. The maximum atomic E-state index is 12.6. The molecule has 0 aliphatic heterocycles. The number of anilines is 1. The van der Waals surface area contributed by atoms with Crippen molar-refractivity contribution in [3.63, 3.8) is 0 Å². The zero-order valence-corrected chi connectivity index (χ0v) is 15.8. The molecular weight excluding hydrogens is 336 g/mol. The SMILES string of the molecule is CC[C@H](C)NC(=O)c1cc(S(=O)(=O)Nc2ccc(C)cc2)ccc1C. The smallest absolute Gasteiger partial charge is 0.261 e. The Balaban J connectivity index is 2.30. The van der Waals surface area contributed by atoms with E-state index in [-0.39, 0.29) is 16.8 Å². The van der Waals surface area contributed by atoms with Crippen LogP contribution in [0.2, 0.25) is 0 Å². The lowest BCUT2D eigenvalue weighted by Crippen LogP contribution is -2.32. The second kappa shape index (κ2) is 7.70. The average Bonchev–Trinajstić information content (AvgIpc) is 2.56. The summed E-state index contributed by atoms with van der Waals surface area (Å²) in [7, 11) is -3.76. The van der Waals surface area contributed by atoms with Gasteiger partial charge in [0, 0.05) is 17.3 Å². The molecule has 2 aromatic carbocycles. The van der Waals surface area contributed by atoms with Crippen LogP contribution in [0.25, 0.3) is 0 Å². The van der Waals surface area contributed by atoms with E-state index >= 15 is 0 Å². The molecule has 2 aromatic rings. The highest BCUT2D eigenvalue weighted by Gasteiger charge is 2.19. The molecule has 25 heavy (non-hydrogen) atoms. The lowest BCUT2D eigenvalue weighted by Gasteiger charge is -2.14. The fraction of sp³-hybridized carbons (Fsp3) is 0.316. The molecule has 5 nitrogen and oxygen atoms in total. The van der Waals surface area contributed by atoms with E-state index in [2.05, 4.69) is 10.0 Å². The van der Waals surface area contributed by atoms with Gasteiger partial charge in [0.1, 0.15) is 0 Å². The van der Waals surface area contributed by atoms with Gasteiger partial charge in [-0.3, -0.25) is 9.52 Å². The summed E-state index contributed by atoms with van der Waals surface area (Å²) in [5, 5.41) is 2.87. The zero-order valence-electron chi connectivity index (χ0n) is 15.0. The van der Waals surface area contributed by atoms with Crippen molar-refractivity contribution in [1.82, 2.24) is 5.32 Å². The molecule has 0 fully saturated rings. The van der Waals surface area contributed by atoms with E-state index < -0.39 is 10.0 Å². The van der Waals surface area contributed by atoms with E-state index in [1.807, 2.05) is 32.9 Å². The largest absolute Gasteiger partial charge is 0.350 e. The summed E-state index contributed by atoms with van der Waals surface area (Å²) in [6.45, 7) is 7.60. The molecule has 6 heteroatoms. The number of benzene rings is 2. The van der Waals surface area contributed by atoms with Gasteiger partial charge in [0.25, 0.3) is 15.9 Å². The number of amides is 1. The van der Waals surface area contributed by atoms with E-state index in [0.717, 1.165) is 17.5 Å². The van der Waals surface area contributed by atoms with Gasteiger partial charge in [0.05, 0.1) is 4.90 Å². The third-order valence-electron chi connectivity index (χ3n) is 4.06. The van der Waals surface area contributed by atoms with Crippen LogP contribution in [0.5, 0.6) is 0 Å². The van der Waals surface area contributed by atoms with Gasteiger partial charge in [-0.25, -0.2) is 8.42 Å². The van der Waals surface area contributed by atoms with Crippen molar-refractivity contribution in [3.05, 3.63) is 59.2 Å². The van der Waals surface area contributed by atoms with E-state index in [4.69, 9.17) is 0 Å². The van der Waals surface area contributed by atoms with Gasteiger partial charge in [-0.15, -0.1) is 0 Å². The standard InChI is InChI=1S/C19H24N2O3S/c1-5-15(4)20-19(22)18-12-17(11-8-14(18)3)25(23,24)21-16-9-6-13(2)7-10-16/h6-12,15,21H,5H2,1-4H3,(H,20,22)/t15-/m0/s1. The van der Waals surface area contributed by atoms with Crippen molar-refractivity contribution < 1.29 is 13.2 Å². The fourth-order valence-corrected chi connectivity index (χ4v) is 3.34. The van der Waals surface area contributed by atoms with Gasteiger partial charge < -0.3 is 5.32 Å². The Morgan fingerprint density at radius 3 is 2.32 bits per heavy atom. The maximum Gasteiger partial charge on any atom is 0.261 e. The van der Waals surface area contributed by atoms with Crippen LogP contribution in [0.4, 0.5) is 5.69 Å². The minimum Gasteiger partial charge on any atom is -0.350 e. The third-order valence-corrected chi connectivity index (χ3v) is 5.44. The molecule has 134 valence electrons. The first-order chi connectivity index (χ1) is 11.7. The van der Waals surface area contributed by atoms with Crippen LogP contribution in [0.15, 0.2) is 47.4 Å². The van der Waals surface area contributed by atoms with Crippen LogP contribution in [-0.4, -0.2) is 20.4 Å². The summed E-state index contributed by atoms with van der Waals surface area (Å²) in [6.07, 6.45) is 0.803. The van der Waals surface area contributed by atoms with Crippen molar-refractivity contribution >= 4 is 21.6 Å². The highest BCUT2D eigenvalue weighted by Crippen LogP contribution is 2.20. The molecule has 0 saturated heterocycles. The van der Waals surface area contributed by atoms with E-state index in [1.165, 1.54) is 12.1 Å². The lowest BCUT2D eigenvalue weighted by atomic mass is 10.1. The van der Waals surface area contributed by atoms with E-state index in [0.29, 0.717) is 11.3 Å². The fourth-order valence-electron chi connectivity index (χ4n) is 2.25. The first-order valence-electron chi connectivity index (χ1n) is 8.24. The minimum atomic E-state index is -3.76. The first-order valence-corrected chi connectivity index (χ1v) is 9.72. The summed E-state index contributed by atoms with van der Waals surface area (Å²) in [6, 6.07) is 11.7. The minimum absolute atomic E-state index is 0.0258. The first kappa shape index (κ1) is 19.0. The molecule has 1 amide bonds. The number of rotatable bonds is 6.